The highest BCUT2D eigenvalue weighted by atomic mass is 19.1. The molecule has 2 heteroatoms. The topological polar surface area (TPSA) is 12.0 Å². The van der Waals surface area contributed by atoms with Gasteiger partial charge in [0.1, 0.15) is 5.82 Å². The van der Waals surface area contributed by atoms with Crippen LogP contribution in [0.5, 0.6) is 0 Å². The Balaban J connectivity index is 2.47. The molecule has 0 aliphatic rings. The maximum absolute atomic E-state index is 13.5. The summed E-state index contributed by atoms with van der Waals surface area (Å²) in [6.45, 7) is 9.09. The van der Waals surface area contributed by atoms with E-state index in [-0.39, 0.29) is 11.9 Å². The van der Waals surface area contributed by atoms with Crippen LogP contribution in [-0.2, 0) is 6.42 Å². The van der Waals surface area contributed by atoms with Gasteiger partial charge in [0.2, 0.25) is 0 Å². The Morgan fingerprint density at radius 2 is 1.57 bits per heavy atom. The van der Waals surface area contributed by atoms with Gasteiger partial charge in [-0.1, -0.05) is 38.1 Å². The summed E-state index contributed by atoms with van der Waals surface area (Å²) in [5.41, 5.74) is 5.74. The summed E-state index contributed by atoms with van der Waals surface area (Å²) in [4.78, 5) is 0. The Kier molecular flexibility index (Phi) is 5.13. The molecule has 1 nitrogen and oxygen atoms in total. The monoisotopic (exact) mass is 285 g/mol. The zero-order valence-corrected chi connectivity index (χ0v) is 13.3. The van der Waals surface area contributed by atoms with Crippen molar-refractivity contribution in [2.75, 3.05) is 6.54 Å². The Morgan fingerprint density at radius 1 is 1.00 bits per heavy atom. The lowest BCUT2D eigenvalue weighted by Gasteiger charge is -2.23. The molecule has 0 saturated heterocycles. The third kappa shape index (κ3) is 3.51. The van der Waals surface area contributed by atoms with Crippen molar-refractivity contribution in [3.8, 4) is 0 Å². The van der Waals surface area contributed by atoms with Gasteiger partial charge in [-0.05, 0) is 66.8 Å². The molecule has 1 atom stereocenters. The Labute approximate surface area is 127 Å². The molecule has 0 saturated carbocycles. The SMILES string of the molecule is CCNC(c1ccc(CC)cc1)c1c(C)cc(F)cc1C. The van der Waals surface area contributed by atoms with Crippen LogP contribution in [0.1, 0.15) is 47.7 Å². The van der Waals surface area contributed by atoms with Gasteiger partial charge in [-0.15, -0.1) is 0 Å². The van der Waals surface area contributed by atoms with Crippen LogP contribution in [0, 0.1) is 19.7 Å². The van der Waals surface area contributed by atoms with Crippen LogP contribution in [0.3, 0.4) is 0 Å². The van der Waals surface area contributed by atoms with Crippen molar-refractivity contribution in [3.63, 3.8) is 0 Å². The fourth-order valence-electron chi connectivity index (χ4n) is 2.91. The normalized spacial score (nSPS) is 12.4. The minimum atomic E-state index is -0.162. The van der Waals surface area contributed by atoms with Crippen molar-refractivity contribution in [2.45, 2.75) is 40.2 Å². The predicted molar refractivity (Wildman–Crippen MR) is 87.2 cm³/mol. The van der Waals surface area contributed by atoms with Gasteiger partial charge in [-0.2, -0.15) is 0 Å². The van der Waals surface area contributed by atoms with E-state index in [1.165, 1.54) is 16.7 Å². The van der Waals surface area contributed by atoms with Crippen LogP contribution in [0.4, 0.5) is 4.39 Å². The molecular weight excluding hydrogens is 261 g/mol. The van der Waals surface area contributed by atoms with E-state index in [0.29, 0.717) is 0 Å². The van der Waals surface area contributed by atoms with E-state index in [0.717, 1.165) is 24.1 Å². The smallest absolute Gasteiger partial charge is 0.123 e. The fourth-order valence-corrected chi connectivity index (χ4v) is 2.91. The lowest BCUT2D eigenvalue weighted by Crippen LogP contribution is -2.23. The van der Waals surface area contributed by atoms with Gasteiger partial charge in [0, 0.05) is 0 Å². The molecule has 2 aromatic carbocycles. The predicted octanol–water partition coefficient (Wildman–Crippen LogP) is 4.70. The van der Waals surface area contributed by atoms with E-state index in [1.807, 2.05) is 13.8 Å². The van der Waals surface area contributed by atoms with Gasteiger partial charge in [0.15, 0.2) is 0 Å². The maximum Gasteiger partial charge on any atom is 0.123 e. The highest BCUT2D eigenvalue weighted by Crippen LogP contribution is 2.29. The van der Waals surface area contributed by atoms with Crippen molar-refractivity contribution in [1.82, 2.24) is 5.32 Å². The molecule has 0 aromatic heterocycles. The first kappa shape index (κ1) is 15.7. The molecule has 1 unspecified atom stereocenters. The average Bonchev–Trinajstić information content (AvgIpc) is 2.45. The van der Waals surface area contributed by atoms with E-state index in [1.54, 1.807) is 12.1 Å². The third-order valence-corrected chi connectivity index (χ3v) is 3.98. The molecule has 0 bridgehead atoms. The number of hydrogen-bond acceptors (Lipinski definition) is 1. The fraction of sp³-hybridized carbons (Fsp3) is 0.368. The summed E-state index contributed by atoms with van der Waals surface area (Å²) >= 11 is 0. The summed E-state index contributed by atoms with van der Waals surface area (Å²) in [5.74, 6) is -0.162. The molecule has 0 amide bonds. The summed E-state index contributed by atoms with van der Waals surface area (Å²) in [5, 5.41) is 3.53. The van der Waals surface area contributed by atoms with E-state index in [9.17, 15) is 4.39 Å². The van der Waals surface area contributed by atoms with E-state index in [2.05, 4.69) is 43.4 Å². The number of halogens is 1. The second kappa shape index (κ2) is 6.86. The molecule has 0 radical (unpaired) electrons. The van der Waals surface area contributed by atoms with Crippen molar-refractivity contribution in [2.24, 2.45) is 0 Å². The summed E-state index contributed by atoms with van der Waals surface area (Å²) in [7, 11) is 0. The van der Waals surface area contributed by atoms with Gasteiger partial charge in [0.05, 0.1) is 6.04 Å². The van der Waals surface area contributed by atoms with E-state index < -0.39 is 0 Å². The third-order valence-electron chi connectivity index (χ3n) is 3.98. The molecule has 1 N–H and O–H groups in total. The molecule has 0 heterocycles. The van der Waals surface area contributed by atoms with Crippen molar-refractivity contribution >= 4 is 0 Å². The number of hydrogen-bond donors (Lipinski definition) is 1. The summed E-state index contributed by atoms with van der Waals surface area (Å²) < 4.78 is 13.5. The maximum atomic E-state index is 13.5. The molecule has 2 aromatic rings. The summed E-state index contributed by atoms with van der Waals surface area (Å²) in [6.07, 6.45) is 1.04. The van der Waals surface area contributed by atoms with Gasteiger partial charge >= 0.3 is 0 Å². The summed E-state index contributed by atoms with van der Waals surface area (Å²) in [6, 6.07) is 12.0. The average molecular weight is 285 g/mol. The minimum absolute atomic E-state index is 0.113. The Bertz CT molecular complexity index is 578. The highest BCUT2D eigenvalue weighted by molar-refractivity contribution is 5.42. The van der Waals surface area contributed by atoms with Crippen LogP contribution in [-0.4, -0.2) is 6.54 Å². The van der Waals surface area contributed by atoms with Crippen LogP contribution in [0.15, 0.2) is 36.4 Å². The van der Waals surface area contributed by atoms with Gasteiger partial charge in [-0.25, -0.2) is 4.39 Å². The molecular formula is C19H24FN. The molecule has 0 aliphatic heterocycles. The zero-order valence-electron chi connectivity index (χ0n) is 13.3. The lowest BCUT2D eigenvalue weighted by atomic mass is 9.90. The zero-order chi connectivity index (χ0) is 15.4. The second-order valence-corrected chi connectivity index (χ2v) is 5.54. The first-order chi connectivity index (χ1) is 10.1. The largest absolute Gasteiger partial charge is 0.307 e. The van der Waals surface area contributed by atoms with Crippen LogP contribution < -0.4 is 5.32 Å². The Morgan fingerprint density at radius 3 is 2.05 bits per heavy atom. The first-order valence-electron chi connectivity index (χ1n) is 7.65. The van der Waals surface area contributed by atoms with Crippen LogP contribution in [0.2, 0.25) is 0 Å². The highest BCUT2D eigenvalue weighted by Gasteiger charge is 2.18. The molecule has 2 rings (SSSR count). The quantitative estimate of drug-likeness (QED) is 0.839. The molecule has 112 valence electrons. The minimum Gasteiger partial charge on any atom is -0.307 e. The van der Waals surface area contributed by atoms with Crippen molar-refractivity contribution in [1.29, 1.82) is 0 Å². The van der Waals surface area contributed by atoms with Gasteiger partial charge in [-0.3, -0.25) is 0 Å². The Hall–Kier alpha value is -1.67. The number of aryl methyl sites for hydroxylation is 3. The van der Waals surface area contributed by atoms with E-state index in [4.69, 9.17) is 0 Å². The van der Waals surface area contributed by atoms with Crippen molar-refractivity contribution in [3.05, 3.63) is 70.0 Å². The van der Waals surface area contributed by atoms with Crippen LogP contribution in [0.25, 0.3) is 0 Å². The van der Waals surface area contributed by atoms with Crippen LogP contribution >= 0.6 is 0 Å². The molecule has 21 heavy (non-hydrogen) atoms. The standard InChI is InChI=1S/C19H24FN/c1-5-15-7-9-16(10-8-15)19(21-6-2)18-13(3)11-17(20)12-14(18)4/h7-12,19,21H,5-6H2,1-4H3. The molecule has 0 fully saturated rings. The second-order valence-electron chi connectivity index (χ2n) is 5.54. The van der Waals surface area contributed by atoms with E-state index >= 15 is 0 Å². The van der Waals surface area contributed by atoms with Gasteiger partial charge < -0.3 is 5.32 Å². The molecule has 0 spiro atoms. The molecule has 0 aliphatic carbocycles. The number of benzene rings is 2. The number of rotatable bonds is 5. The lowest BCUT2D eigenvalue weighted by molar-refractivity contribution is 0.606. The first-order valence-corrected chi connectivity index (χ1v) is 7.65. The van der Waals surface area contributed by atoms with Crippen molar-refractivity contribution < 1.29 is 4.39 Å². The van der Waals surface area contributed by atoms with Gasteiger partial charge in [0.25, 0.3) is 0 Å². The number of nitrogens with one attached hydrogen (secondary N) is 1.